The van der Waals surface area contributed by atoms with Gasteiger partial charge < -0.3 is 15.7 Å². The van der Waals surface area contributed by atoms with E-state index in [2.05, 4.69) is 17.6 Å². The Labute approximate surface area is 186 Å². The molecule has 2 bridgehead atoms. The van der Waals surface area contributed by atoms with Gasteiger partial charge in [-0.3, -0.25) is 14.4 Å². The van der Waals surface area contributed by atoms with Gasteiger partial charge in [-0.2, -0.15) is 0 Å². The number of anilines is 1. The summed E-state index contributed by atoms with van der Waals surface area (Å²) in [4.78, 5) is 39.6. The summed E-state index contributed by atoms with van der Waals surface area (Å²) >= 11 is 1.51. The highest BCUT2D eigenvalue weighted by molar-refractivity contribution is 7.17. The van der Waals surface area contributed by atoms with Gasteiger partial charge >= 0.3 is 5.97 Å². The molecule has 0 radical (unpaired) electrons. The van der Waals surface area contributed by atoms with Gasteiger partial charge in [-0.1, -0.05) is 31.9 Å². The molecule has 1 heterocycles. The summed E-state index contributed by atoms with van der Waals surface area (Å²) in [5.74, 6) is -2.04. The highest BCUT2D eigenvalue weighted by Crippen LogP contribution is 2.49. The van der Waals surface area contributed by atoms with Crippen LogP contribution in [0.25, 0.3) is 0 Å². The Bertz CT molecular complexity index is 946. The van der Waals surface area contributed by atoms with Crippen molar-refractivity contribution in [1.82, 2.24) is 5.32 Å². The van der Waals surface area contributed by atoms with Crippen LogP contribution in [0, 0.1) is 29.6 Å². The summed E-state index contributed by atoms with van der Waals surface area (Å²) in [5, 5.41) is 16.5. The summed E-state index contributed by atoms with van der Waals surface area (Å²) in [6.45, 7) is 2.22. The topological polar surface area (TPSA) is 95.5 Å². The molecule has 5 rings (SSSR count). The Balaban J connectivity index is 1.43. The summed E-state index contributed by atoms with van der Waals surface area (Å²) in [6.07, 6.45) is 11.8. The van der Waals surface area contributed by atoms with Crippen LogP contribution in [0.1, 0.15) is 66.2 Å². The maximum Gasteiger partial charge on any atom is 0.307 e. The van der Waals surface area contributed by atoms with Crippen LogP contribution in [-0.4, -0.2) is 28.9 Å². The highest BCUT2D eigenvalue weighted by Gasteiger charge is 2.51. The molecule has 2 amide bonds. The quantitative estimate of drug-likeness (QED) is 0.601. The summed E-state index contributed by atoms with van der Waals surface area (Å²) < 4.78 is 0. The van der Waals surface area contributed by atoms with Gasteiger partial charge in [-0.15, -0.1) is 11.3 Å². The third-order valence-electron chi connectivity index (χ3n) is 7.71. The number of amides is 2. The van der Waals surface area contributed by atoms with Crippen LogP contribution >= 0.6 is 11.3 Å². The van der Waals surface area contributed by atoms with Crippen LogP contribution in [0.4, 0.5) is 5.00 Å². The lowest BCUT2D eigenvalue weighted by atomic mass is 9.82. The van der Waals surface area contributed by atoms with Crippen molar-refractivity contribution >= 4 is 34.1 Å². The van der Waals surface area contributed by atoms with Crippen molar-refractivity contribution in [3.05, 3.63) is 28.2 Å². The Morgan fingerprint density at radius 3 is 2.48 bits per heavy atom. The van der Waals surface area contributed by atoms with Crippen molar-refractivity contribution in [2.75, 3.05) is 5.32 Å². The van der Waals surface area contributed by atoms with E-state index in [1.54, 1.807) is 0 Å². The van der Waals surface area contributed by atoms with Crippen molar-refractivity contribution < 1.29 is 19.5 Å². The predicted molar refractivity (Wildman–Crippen MR) is 119 cm³/mol. The lowest BCUT2D eigenvalue weighted by molar-refractivity contribution is -0.146. The second-order valence-corrected chi connectivity index (χ2v) is 10.9. The van der Waals surface area contributed by atoms with E-state index in [0.29, 0.717) is 16.5 Å². The van der Waals surface area contributed by atoms with E-state index in [0.717, 1.165) is 56.9 Å². The second-order valence-electron chi connectivity index (χ2n) is 9.84. The minimum Gasteiger partial charge on any atom is -0.481 e. The van der Waals surface area contributed by atoms with E-state index in [9.17, 15) is 19.5 Å². The van der Waals surface area contributed by atoms with E-state index in [1.165, 1.54) is 16.2 Å². The van der Waals surface area contributed by atoms with Crippen LogP contribution in [0.3, 0.4) is 0 Å². The van der Waals surface area contributed by atoms with Gasteiger partial charge in [0.15, 0.2) is 0 Å². The molecule has 0 spiro atoms. The molecule has 0 unspecified atom stereocenters. The van der Waals surface area contributed by atoms with Crippen molar-refractivity contribution in [2.24, 2.45) is 29.6 Å². The number of rotatable bonds is 5. The fraction of sp³-hybridized carbons (Fsp3) is 0.625. The van der Waals surface area contributed by atoms with Crippen LogP contribution in [0.2, 0.25) is 0 Å². The monoisotopic (exact) mass is 442 g/mol. The van der Waals surface area contributed by atoms with Gasteiger partial charge in [-0.05, 0) is 61.8 Å². The number of nitrogens with one attached hydrogen (secondary N) is 2. The molecule has 5 atom stereocenters. The molecule has 6 nitrogen and oxygen atoms in total. The maximum atomic E-state index is 13.3. The Kier molecular flexibility index (Phi) is 5.40. The molecule has 3 N–H and O–H groups in total. The van der Waals surface area contributed by atoms with Crippen LogP contribution < -0.4 is 10.6 Å². The Morgan fingerprint density at radius 2 is 1.77 bits per heavy atom. The summed E-state index contributed by atoms with van der Waals surface area (Å²) in [6, 6.07) is 0.209. The average Bonchev–Trinajstić information content (AvgIpc) is 3.50. The Hall–Kier alpha value is -2.15. The molecule has 4 aliphatic carbocycles. The molecule has 2 saturated carbocycles. The number of carbonyl (C=O) groups excluding carboxylic acids is 2. The fourth-order valence-electron chi connectivity index (χ4n) is 6.12. The standard InChI is InChI=1S/C24H30N2O4S/c1-12-6-9-16-17(10-12)31-23(20(16)22(28)25-15-4-2-3-5-15)26-21(27)18-13-7-8-14(11-13)19(18)24(29)30/h7-8,12-15,18-19H,2-6,9-11H2,1H3,(H,25,28)(H,26,27)(H,29,30)/t12-,13-,14+,18+,19+/m1/s1. The number of aliphatic carboxylic acids is 1. The first-order valence-electron chi connectivity index (χ1n) is 11.6. The molecule has 166 valence electrons. The minimum atomic E-state index is -0.907. The third-order valence-corrected chi connectivity index (χ3v) is 8.88. The summed E-state index contributed by atoms with van der Waals surface area (Å²) in [7, 11) is 0. The molecule has 0 aromatic carbocycles. The molecule has 1 aromatic heterocycles. The van der Waals surface area contributed by atoms with E-state index >= 15 is 0 Å². The fourth-order valence-corrected chi connectivity index (χ4v) is 7.53. The van der Waals surface area contributed by atoms with E-state index in [1.807, 2.05) is 12.2 Å². The largest absolute Gasteiger partial charge is 0.481 e. The number of allylic oxidation sites excluding steroid dienone is 2. The predicted octanol–water partition coefficient (Wildman–Crippen LogP) is 4.01. The minimum absolute atomic E-state index is 0.0310. The number of thiophene rings is 1. The molecular weight excluding hydrogens is 412 g/mol. The van der Waals surface area contributed by atoms with E-state index < -0.39 is 17.8 Å². The summed E-state index contributed by atoms with van der Waals surface area (Å²) in [5.41, 5.74) is 1.70. The van der Waals surface area contributed by atoms with Gasteiger partial charge in [0.25, 0.3) is 5.91 Å². The van der Waals surface area contributed by atoms with Gasteiger partial charge in [-0.25, -0.2) is 0 Å². The van der Waals surface area contributed by atoms with Gasteiger partial charge in [0.05, 0.1) is 17.4 Å². The first-order chi connectivity index (χ1) is 14.9. The smallest absolute Gasteiger partial charge is 0.307 e. The van der Waals surface area contributed by atoms with E-state index in [-0.39, 0.29) is 29.7 Å². The number of hydrogen-bond donors (Lipinski definition) is 3. The van der Waals surface area contributed by atoms with Gasteiger partial charge in [0, 0.05) is 10.9 Å². The SMILES string of the molecule is C[C@@H]1CCc2c(sc(NC(=O)[C@@H]3[C@@H](C(=O)O)[C@H]4C=C[C@@H]3C4)c2C(=O)NC2CCCC2)C1. The zero-order chi connectivity index (χ0) is 21.7. The van der Waals surface area contributed by atoms with Crippen LogP contribution in [0.5, 0.6) is 0 Å². The third kappa shape index (κ3) is 3.71. The first kappa shape index (κ1) is 20.7. The van der Waals surface area contributed by atoms with Gasteiger partial charge in [0.1, 0.15) is 5.00 Å². The average molecular weight is 443 g/mol. The van der Waals surface area contributed by atoms with Crippen molar-refractivity contribution in [3.8, 4) is 0 Å². The molecule has 2 fully saturated rings. The molecule has 7 heteroatoms. The highest BCUT2D eigenvalue weighted by atomic mass is 32.1. The maximum absolute atomic E-state index is 13.3. The Morgan fingerprint density at radius 1 is 1.06 bits per heavy atom. The first-order valence-corrected chi connectivity index (χ1v) is 12.4. The van der Waals surface area contributed by atoms with Crippen LogP contribution in [0.15, 0.2) is 12.2 Å². The molecule has 0 saturated heterocycles. The number of carbonyl (C=O) groups is 3. The number of carboxylic acids is 1. The van der Waals surface area contributed by atoms with Crippen molar-refractivity contribution in [1.29, 1.82) is 0 Å². The number of hydrogen-bond acceptors (Lipinski definition) is 4. The van der Waals surface area contributed by atoms with Crippen LogP contribution in [-0.2, 0) is 22.4 Å². The van der Waals surface area contributed by atoms with Crippen molar-refractivity contribution in [2.45, 2.75) is 64.3 Å². The zero-order valence-corrected chi connectivity index (χ0v) is 18.7. The van der Waals surface area contributed by atoms with E-state index in [4.69, 9.17) is 0 Å². The molecule has 4 aliphatic rings. The number of carboxylic acid groups (broad SMARTS) is 1. The van der Waals surface area contributed by atoms with Crippen molar-refractivity contribution in [3.63, 3.8) is 0 Å². The normalized spacial score (nSPS) is 31.6. The zero-order valence-electron chi connectivity index (χ0n) is 17.9. The molecular formula is C24H30N2O4S. The molecule has 0 aliphatic heterocycles. The lowest BCUT2D eigenvalue weighted by Crippen LogP contribution is -2.37. The molecule has 31 heavy (non-hydrogen) atoms. The second kappa shape index (κ2) is 8.08. The number of fused-ring (bicyclic) bond motifs is 3. The lowest BCUT2D eigenvalue weighted by Gasteiger charge is -2.24. The van der Waals surface area contributed by atoms with Gasteiger partial charge in [0.2, 0.25) is 5.91 Å². The molecule has 1 aromatic rings.